The molecule has 0 amide bonds. The highest BCUT2D eigenvalue weighted by Crippen LogP contribution is 2.60. The van der Waals surface area contributed by atoms with Gasteiger partial charge in [0.2, 0.25) is 6.10 Å². The van der Waals surface area contributed by atoms with Gasteiger partial charge in [0.05, 0.1) is 17.8 Å². The van der Waals surface area contributed by atoms with Gasteiger partial charge in [0.1, 0.15) is 22.1 Å². The van der Waals surface area contributed by atoms with Crippen molar-refractivity contribution >= 4 is 29.2 Å². The largest absolute Gasteiger partial charge is 0.456 e. The van der Waals surface area contributed by atoms with Crippen molar-refractivity contribution in [2.45, 2.75) is 20.0 Å². The Balaban J connectivity index is 1.66. The van der Waals surface area contributed by atoms with Crippen LogP contribution in [-0.4, -0.2) is 11.0 Å². The molecular weight excluding hydrogens is 399 g/mol. The van der Waals surface area contributed by atoms with Gasteiger partial charge in [-0.25, -0.2) is 0 Å². The molecule has 3 rings (SSSR count). The number of carbonyl (C=O) groups excluding carboxylic acids is 1. The molecule has 7 heteroatoms. The average molecular weight is 417 g/mol. The van der Waals surface area contributed by atoms with Gasteiger partial charge in [0.25, 0.3) is 0 Å². The van der Waals surface area contributed by atoms with Crippen LogP contribution in [0.15, 0.2) is 59.2 Å². The highest BCUT2D eigenvalue weighted by molar-refractivity contribution is 6.55. The molecule has 1 aliphatic rings. The molecule has 1 fully saturated rings. The first kappa shape index (κ1) is 20.2. The number of allylic oxidation sites excluding steroid dienone is 1. The molecule has 0 bridgehead atoms. The lowest BCUT2D eigenvalue weighted by Crippen LogP contribution is -2.15. The maximum absolute atomic E-state index is 12.5. The lowest BCUT2D eigenvalue weighted by molar-refractivity contribution is -0.149. The van der Waals surface area contributed by atoms with Crippen LogP contribution in [0.2, 0.25) is 0 Å². The van der Waals surface area contributed by atoms with Gasteiger partial charge >= 0.3 is 5.97 Å². The number of aromatic nitrogens is 1. The van der Waals surface area contributed by atoms with E-state index in [0.29, 0.717) is 17.2 Å². The Labute approximate surface area is 173 Å². The minimum Gasteiger partial charge on any atom is -0.456 e. The molecule has 3 atom stereocenters. The van der Waals surface area contributed by atoms with Gasteiger partial charge in [-0.05, 0) is 41.7 Å². The van der Waals surface area contributed by atoms with Gasteiger partial charge in [-0.2, -0.15) is 5.26 Å². The molecule has 0 saturated heterocycles. The highest BCUT2D eigenvalue weighted by atomic mass is 35.5. The van der Waals surface area contributed by atoms with Crippen LogP contribution >= 0.6 is 23.2 Å². The molecule has 5 nitrogen and oxygen atoms in total. The first-order chi connectivity index (χ1) is 13.3. The smallest absolute Gasteiger partial charge is 0.311 e. The van der Waals surface area contributed by atoms with E-state index in [4.69, 9.17) is 32.7 Å². The molecule has 1 saturated carbocycles. The number of nitrogens with zero attached hydrogens (tertiary/aromatic N) is 2. The van der Waals surface area contributed by atoms with Crippen LogP contribution in [0.25, 0.3) is 0 Å². The Morgan fingerprint density at radius 2 is 1.93 bits per heavy atom. The van der Waals surface area contributed by atoms with Crippen LogP contribution in [0.5, 0.6) is 11.5 Å². The fraction of sp³-hybridized carbons (Fsp3) is 0.286. The zero-order valence-electron chi connectivity index (χ0n) is 15.3. The molecule has 0 spiro atoms. The number of carbonyl (C=O) groups is 1. The standard InChI is InChI=1S/C21H18Cl2N2O3/c1-21(2)15(10-18(22)23)19(21)20(26)28-17(11-24)16-9-8-14(12-25-16)27-13-6-4-3-5-7-13/h3-10,12,15,17,19H,1-2H3. The monoisotopic (exact) mass is 416 g/mol. The topological polar surface area (TPSA) is 72.2 Å². The molecular formula is C21H18Cl2N2O3. The summed E-state index contributed by atoms with van der Waals surface area (Å²) in [5, 5.41) is 9.42. The molecule has 144 valence electrons. The summed E-state index contributed by atoms with van der Waals surface area (Å²) < 4.78 is 11.2. The molecule has 2 aromatic rings. The number of halogens is 2. The normalized spacial score (nSPS) is 20.4. The van der Waals surface area contributed by atoms with E-state index in [2.05, 4.69) is 4.98 Å². The molecule has 3 unspecified atom stereocenters. The molecule has 0 radical (unpaired) electrons. The van der Waals surface area contributed by atoms with E-state index >= 15 is 0 Å². The number of hydrogen-bond donors (Lipinski definition) is 0. The second kappa shape index (κ2) is 8.22. The van der Waals surface area contributed by atoms with E-state index in [1.54, 1.807) is 18.2 Å². The Morgan fingerprint density at radius 3 is 2.50 bits per heavy atom. The predicted molar refractivity (Wildman–Crippen MR) is 106 cm³/mol. The number of hydrogen-bond acceptors (Lipinski definition) is 5. The molecule has 1 aliphatic carbocycles. The molecule has 0 N–H and O–H groups in total. The molecule has 1 aromatic heterocycles. The van der Waals surface area contributed by atoms with Crippen LogP contribution in [0, 0.1) is 28.6 Å². The molecule has 1 aromatic carbocycles. The van der Waals surface area contributed by atoms with Crippen molar-refractivity contribution in [2.24, 2.45) is 17.3 Å². The number of para-hydroxylation sites is 1. The van der Waals surface area contributed by atoms with Crippen molar-refractivity contribution < 1.29 is 14.3 Å². The minimum absolute atomic E-state index is 0.112. The van der Waals surface area contributed by atoms with Crippen molar-refractivity contribution in [2.75, 3.05) is 0 Å². The number of benzene rings is 1. The Hall–Kier alpha value is -2.55. The number of ether oxygens (including phenoxy) is 2. The van der Waals surface area contributed by atoms with Gasteiger partial charge in [-0.1, -0.05) is 55.2 Å². The first-order valence-corrected chi connectivity index (χ1v) is 9.40. The Morgan fingerprint density at radius 1 is 1.21 bits per heavy atom. The van der Waals surface area contributed by atoms with Crippen LogP contribution in [0.4, 0.5) is 0 Å². The third-order valence-corrected chi connectivity index (χ3v) is 5.08. The SMILES string of the molecule is CC1(C)C(C=C(Cl)Cl)C1C(=O)OC(C#N)c1ccc(Oc2ccccc2)cn1. The van der Waals surface area contributed by atoms with Crippen LogP contribution < -0.4 is 4.74 Å². The zero-order chi connectivity index (χ0) is 20.3. The van der Waals surface area contributed by atoms with Crippen molar-refractivity contribution in [3.05, 3.63) is 64.9 Å². The quantitative estimate of drug-likeness (QED) is 0.575. The Bertz CT molecular complexity index is 917. The third-order valence-electron chi connectivity index (χ3n) is 4.83. The first-order valence-electron chi connectivity index (χ1n) is 8.64. The zero-order valence-corrected chi connectivity index (χ0v) is 16.8. The van der Waals surface area contributed by atoms with E-state index in [0.717, 1.165) is 0 Å². The second-order valence-corrected chi connectivity index (χ2v) is 8.07. The summed E-state index contributed by atoms with van der Waals surface area (Å²) in [6, 6.07) is 14.5. The van der Waals surface area contributed by atoms with Crippen molar-refractivity contribution in [3.8, 4) is 17.6 Å². The van der Waals surface area contributed by atoms with Gasteiger partial charge in [0.15, 0.2) is 0 Å². The van der Waals surface area contributed by atoms with E-state index in [1.807, 2.05) is 50.2 Å². The lowest BCUT2D eigenvalue weighted by atomic mass is 10.1. The molecule has 1 heterocycles. The van der Waals surface area contributed by atoms with E-state index < -0.39 is 18.0 Å². The summed E-state index contributed by atoms with van der Waals surface area (Å²) in [6.07, 6.45) is 2.01. The summed E-state index contributed by atoms with van der Waals surface area (Å²) in [5.41, 5.74) is 0.00427. The minimum atomic E-state index is -1.11. The lowest BCUT2D eigenvalue weighted by Gasteiger charge is -2.12. The van der Waals surface area contributed by atoms with E-state index in [9.17, 15) is 10.1 Å². The summed E-state index contributed by atoms with van der Waals surface area (Å²) in [4.78, 5) is 16.7. The van der Waals surface area contributed by atoms with Gasteiger partial charge in [-0.15, -0.1) is 0 Å². The number of pyridine rings is 1. The third kappa shape index (κ3) is 4.46. The van der Waals surface area contributed by atoms with E-state index in [1.165, 1.54) is 6.20 Å². The number of esters is 1. The van der Waals surface area contributed by atoms with Crippen LogP contribution in [0.1, 0.15) is 25.6 Å². The number of nitriles is 1. The van der Waals surface area contributed by atoms with Crippen molar-refractivity contribution in [1.29, 1.82) is 5.26 Å². The summed E-state index contributed by atoms with van der Waals surface area (Å²) in [6.45, 7) is 3.85. The fourth-order valence-corrected chi connectivity index (χ4v) is 3.42. The van der Waals surface area contributed by atoms with Crippen LogP contribution in [-0.2, 0) is 9.53 Å². The van der Waals surface area contributed by atoms with Crippen molar-refractivity contribution in [1.82, 2.24) is 4.98 Å². The summed E-state index contributed by atoms with van der Waals surface area (Å²) in [7, 11) is 0. The van der Waals surface area contributed by atoms with Crippen LogP contribution in [0.3, 0.4) is 0 Å². The highest BCUT2D eigenvalue weighted by Gasteiger charge is 2.62. The van der Waals surface area contributed by atoms with Gasteiger partial charge < -0.3 is 9.47 Å². The summed E-state index contributed by atoms with van der Waals surface area (Å²) >= 11 is 11.4. The second-order valence-electron chi connectivity index (χ2n) is 7.06. The Kier molecular flexibility index (Phi) is 5.93. The maximum Gasteiger partial charge on any atom is 0.311 e. The molecule has 0 aliphatic heterocycles. The van der Waals surface area contributed by atoms with Crippen molar-refractivity contribution in [3.63, 3.8) is 0 Å². The van der Waals surface area contributed by atoms with Gasteiger partial charge in [-0.3, -0.25) is 9.78 Å². The average Bonchev–Trinajstić information content (AvgIpc) is 3.20. The van der Waals surface area contributed by atoms with E-state index in [-0.39, 0.29) is 15.8 Å². The fourth-order valence-electron chi connectivity index (χ4n) is 3.15. The molecule has 28 heavy (non-hydrogen) atoms. The predicted octanol–water partition coefficient (Wildman–Crippen LogP) is 5.57. The maximum atomic E-state index is 12.5. The van der Waals surface area contributed by atoms with Gasteiger partial charge in [0, 0.05) is 0 Å². The summed E-state index contributed by atoms with van der Waals surface area (Å²) in [5.74, 6) is 0.186. The number of rotatable bonds is 6.